The summed E-state index contributed by atoms with van der Waals surface area (Å²) in [6.07, 6.45) is -8.02. The number of likely N-dealkylation sites (tertiary alicyclic amines) is 1. The van der Waals surface area contributed by atoms with E-state index >= 15 is 0 Å². The average molecular weight is 462 g/mol. The Balaban J connectivity index is 1.79. The molecule has 3 atom stereocenters. The van der Waals surface area contributed by atoms with Gasteiger partial charge in [0.05, 0.1) is 30.0 Å². The van der Waals surface area contributed by atoms with Gasteiger partial charge in [-0.2, -0.15) is 26.3 Å². The summed E-state index contributed by atoms with van der Waals surface area (Å²) in [4.78, 5) is 13.0. The van der Waals surface area contributed by atoms with Crippen molar-refractivity contribution in [3.05, 3.63) is 46.8 Å². The number of fused-ring (bicyclic) bond motifs is 2. The number of aryl methyl sites for hydroxylation is 1. The Labute approximate surface area is 179 Å². The van der Waals surface area contributed by atoms with E-state index in [4.69, 9.17) is 4.74 Å². The van der Waals surface area contributed by atoms with Crippen LogP contribution in [0.15, 0.2) is 24.4 Å². The van der Waals surface area contributed by atoms with Gasteiger partial charge >= 0.3 is 18.3 Å². The van der Waals surface area contributed by atoms with Gasteiger partial charge in [-0.15, -0.1) is 5.10 Å². The van der Waals surface area contributed by atoms with E-state index in [2.05, 4.69) is 10.3 Å². The lowest BCUT2D eigenvalue weighted by Crippen LogP contribution is -2.56. The van der Waals surface area contributed by atoms with Gasteiger partial charge in [0.1, 0.15) is 5.69 Å². The molecular weight excluding hydrogens is 442 g/mol. The quantitative estimate of drug-likeness (QED) is 0.603. The van der Waals surface area contributed by atoms with Gasteiger partial charge in [-0.05, 0) is 36.6 Å². The highest BCUT2D eigenvalue weighted by molar-refractivity contribution is 5.82. The van der Waals surface area contributed by atoms with Crippen molar-refractivity contribution < 1.29 is 35.9 Å². The van der Waals surface area contributed by atoms with Gasteiger partial charge in [-0.3, -0.25) is 9.48 Å². The van der Waals surface area contributed by atoms with Crippen LogP contribution in [-0.4, -0.2) is 44.6 Å². The number of carbonyl (C=O) groups excluding carboxylic acids is 1. The third-order valence-electron chi connectivity index (χ3n) is 6.07. The van der Waals surface area contributed by atoms with Crippen molar-refractivity contribution in [2.24, 2.45) is 7.05 Å². The third kappa shape index (κ3) is 3.84. The third-order valence-corrected chi connectivity index (χ3v) is 6.07. The number of ether oxygens (including phenoxy) is 1. The number of alkyl halides is 6. The smallest absolute Gasteiger partial charge is 0.370 e. The molecule has 2 aromatic rings. The number of rotatable bonds is 1. The van der Waals surface area contributed by atoms with Crippen molar-refractivity contribution in [2.75, 3.05) is 6.61 Å². The average Bonchev–Trinajstić information content (AvgIpc) is 3.12. The minimum atomic E-state index is -5.09. The highest BCUT2D eigenvalue weighted by Gasteiger charge is 2.55. The number of nitrogens with zero attached hydrogens (tertiary/aromatic N) is 4. The molecule has 32 heavy (non-hydrogen) atoms. The van der Waals surface area contributed by atoms with Crippen molar-refractivity contribution in [3.63, 3.8) is 0 Å². The first kappa shape index (κ1) is 22.6. The largest absolute Gasteiger partial charge is 0.471 e. The number of aromatic nitrogens is 3. The Kier molecular flexibility index (Phi) is 5.26. The lowest BCUT2D eigenvalue weighted by atomic mass is 9.73. The van der Waals surface area contributed by atoms with Crippen LogP contribution in [-0.2, 0) is 34.8 Å². The molecule has 0 unspecified atom stereocenters. The summed E-state index contributed by atoms with van der Waals surface area (Å²) in [6, 6.07) is 1.31. The molecule has 0 saturated carbocycles. The molecule has 1 fully saturated rings. The topological polar surface area (TPSA) is 60.2 Å². The Morgan fingerprint density at radius 2 is 1.91 bits per heavy atom. The van der Waals surface area contributed by atoms with E-state index in [0.717, 1.165) is 17.0 Å². The summed E-state index contributed by atoms with van der Waals surface area (Å²) in [5.41, 5.74) is -0.861. The van der Waals surface area contributed by atoms with E-state index in [9.17, 15) is 31.1 Å². The predicted octanol–water partition coefficient (Wildman–Crippen LogP) is 3.92. The van der Waals surface area contributed by atoms with Gasteiger partial charge in [0.25, 0.3) is 0 Å². The fourth-order valence-electron chi connectivity index (χ4n) is 4.82. The first-order valence-electron chi connectivity index (χ1n) is 9.92. The monoisotopic (exact) mass is 462 g/mol. The SMILES string of the molecule is C[C@H]1C[C@@]2(C[C@@H](c3cn(C)nn3)N1C(=O)C(F)(F)F)OCCc1cc(C(F)(F)F)ccc12. The second-order valence-electron chi connectivity index (χ2n) is 8.26. The molecule has 1 amide bonds. The molecule has 174 valence electrons. The lowest BCUT2D eigenvalue weighted by molar-refractivity contribution is -0.201. The molecule has 0 N–H and O–H groups in total. The van der Waals surface area contributed by atoms with Gasteiger partial charge in [-0.25, -0.2) is 0 Å². The fraction of sp³-hybridized carbons (Fsp3) is 0.550. The van der Waals surface area contributed by atoms with E-state index in [0.29, 0.717) is 11.1 Å². The Morgan fingerprint density at radius 3 is 2.50 bits per heavy atom. The minimum absolute atomic E-state index is 0.00392. The van der Waals surface area contributed by atoms with Crippen molar-refractivity contribution in [3.8, 4) is 0 Å². The summed E-state index contributed by atoms with van der Waals surface area (Å²) in [5, 5.41) is 7.69. The van der Waals surface area contributed by atoms with Crippen LogP contribution in [0.25, 0.3) is 0 Å². The van der Waals surface area contributed by atoms with E-state index in [-0.39, 0.29) is 31.6 Å². The molecule has 2 aliphatic heterocycles. The zero-order chi connectivity index (χ0) is 23.5. The van der Waals surface area contributed by atoms with Crippen molar-refractivity contribution in [1.82, 2.24) is 19.9 Å². The van der Waals surface area contributed by atoms with Crippen molar-refractivity contribution in [1.29, 1.82) is 0 Å². The van der Waals surface area contributed by atoms with Crippen LogP contribution in [0.2, 0.25) is 0 Å². The summed E-state index contributed by atoms with van der Waals surface area (Å²) in [5.74, 6) is -2.00. The fourth-order valence-corrected chi connectivity index (χ4v) is 4.82. The molecule has 3 heterocycles. The number of benzene rings is 1. The van der Waals surface area contributed by atoms with Crippen molar-refractivity contribution >= 4 is 5.91 Å². The number of halogens is 6. The van der Waals surface area contributed by atoms with Gasteiger partial charge < -0.3 is 9.64 Å². The molecule has 6 nitrogen and oxygen atoms in total. The van der Waals surface area contributed by atoms with Gasteiger partial charge in [0, 0.05) is 25.9 Å². The lowest BCUT2D eigenvalue weighted by Gasteiger charge is -2.51. The molecule has 2 aliphatic rings. The highest BCUT2D eigenvalue weighted by Crippen LogP contribution is 2.51. The minimum Gasteiger partial charge on any atom is -0.370 e. The van der Waals surface area contributed by atoms with E-state index < -0.39 is 41.5 Å². The number of piperidine rings is 1. The first-order chi connectivity index (χ1) is 14.8. The van der Waals surface area contributed by atoms with E-state index in [1.165, 1.54) is 23.9 Å². The van der Waals surface area contributed by atoms with Crippen LogP contribution in [0.3, 0.4) is 0 Å². The molecule has 0 bridgehead atoms. The number of amides is 1. The predicted molar refractivity (Wildman–Crippen MR) is 98.1 cm³/mol. The zero-order valence-corrected chi connectivity index (χ0v) is 17.2. The van der Waals surface area contributed by atoms with Crippen LogP contribution in [0, 0.1) is 0 Å². The number of carbonyl (C=O) groups is 1. The van der Waals surface area contributed by atoms with E-state index in [1.54, 1.807) is 7.05 Å². The maximum Gasteiger partial charge on any atom is 0.471 e. The maximum absolute atomic E-state index is 13.4. The number of hydrogen-bond acceptors (Lipinski definition) is 4. The molecule has 1 aromatic carbocycles. The summed E-state index contributed by atoms with van der Waals surface area (Å²) >= 11 is 0. The number of hydrogen-bond donors (Lipinski definition) is 0. The van der Waals surface area contributed by atoms with E-state index in [1.807, 2.05) is 0 Å². The molecular formula is C20H20F6N4O2. The van der Waals surface area contributed by atoms with Crippen molar-refractivity contribution in [2.45, 2.75) is 56.2 Å². The molecule has 1 aromatic heterocycles. The Morgan fingerprint density at radius 1 is 1.19 bits per heavy atom. The first-order valence-corrected chi connectivity index (χ1v) is 9.92. The van der Waals surface area contributed by atoms with Crippen LogP contribution in [0.5, 0.6) is 0 Å². The maximum atomic E-state index is 13.4. The van der Waals surface area contributed by atoms with Gasteiger partial charge in [-0.1, -0.05) is 11.3 Å². The highest BCUT2D eigenvalue weighted by atomic mass is 19.4. The summed E-state index contributed by atoms with van der Waals surface area (Å²) in [6.45, 7) is 1.58. The van der Waals surface area contributed by atoms with Crippen LogP contribution >= 0.6 is 0 Å². The Hall–Kier alpha value is -2.63. The molecule has 0 radical (unpaired) electrons. The molecule has 1 spiro atoms. The second kappa shape index (κ2) is 7.46. The molecule has 0 aliphatic carbocycles. The second-order valence-corrected chi connectivity index (χ2v) is 8.26. The van der Waals surface area contributed by atoms with Gasteiger partial charge in [0.15, 0.2) is 0 Å². The zero-order valence-electron chi connectivity index (χ0n) is 17.2. The summed E-state index contributed by atoms with van der Waals surface area (Å²) in [7, 11) is 1.54. The summed E-state index contributed by atoms with van der Waals surface area (Å²) < 4.78 is 87.0. The Bertz CT molecular complexity index is 1030. The molecule has 1 saturated heterocycles. The van der Waals surface area contributed by atoms with Gasteiger partial charge in [0.2, 0.25) is 0 Å². The van der Waals surface area contributed by atoms with Crippen LogP contribution < -0.4 is 0 Å². The van der Waals surface area contributed by atoms with Crippen LogP contribution in [0.4, 0.5) is 26.3 Å². The van der Waals surface area contributed by atoms with Crippen LogP contribution in [0.1, 0.15) is 48.2 Å². The molecule has 12 heteroatoms. The standard InChI is InChI=1S/C20H20F6N4O2/c1-11-8-18(14-4-3-13(19(21,22)23)7-12(14)5-6-32-18)9-16(15-10-29(2)28-27-15)30(11)17(31)20(24,25)26/h3-4,7,10-11,16H,5-6,8-9H2,1-2H3/t11-,16-,18-/m0/s1. The normalized spacial score (nSPS) is 26.3. The molecule has 4 rings (SSSR count).